The van der Waals surface area contributed by atoms with E-state index in [1.165, 1.54) is 0 Å². The van der Waals surface area contributed by atoms with Gasteiger partial charge in [-0.1, -0.05) is 0 Å². The normalized spacial score (nSPS) is 12.6. The molecule has 0 spiro atoms. The lowest BCUT2D eigenvalue weighted by Gasteiger charge is -2.12. The number of carbonyl (C=O) groups excluding carboxylic acids is 1. The monoisotopic (exact) mass is 182 g/mol. The molecule has 1 heterocycles. The molecule has 0 radical (unpaired) electrons. The number of amides is 1. The van der Waals surface area contributed by atoms with Crippen LogP contribution in [0.25, 0.3) is 0 Å². The summed E-state index contributed by atoms with van der Waals surface area (Å²) in [6.45, 7) is 5.60. The van der Waals surface area contributed by atoms with Gasteiger partial charge in [0.2, 0.25) is 0 Å². The molecule has 3 N–H and O–H groups in total. The van der Waals surface area contributed by atoms with Crippen molar-refractivity contribution >= 4 is 5.91 Å². The van der Waals surface area contributed by atoms with Crippen LogP contribution in [-0.2, 0) is 4.79 Å². The van der Waals surface area contributed by atoms with Crippen molar-refractivity contribution in [3.8, 4) is 0 Å². The van der Waals surface area contributed by atoms with E-state index in [0.29, 0.717) is 0 Å². The number of nitrogens with zero attached hydrogens (tertiary/aromatic N) is 2. The van der Waals surface area contributed by atoms with E-state index in [4.69, 9.17) is 5.84 Å². The first-order valence-corrected chi connectivity index (χ1v) is 4.08. The van der Waals surface area contributed by atoms with Crippen LogP contribution in [-0.4, -0.2) is 15.5 Å². The second kappa shape index (κ2) is 3.57. The number of hydrogen-bond donors (Lipinski definition) is 2. The lowest BCUT2D eigenvalue weighted by Crippen LogP contribution is -2.36. The zero-order valence-corrected chi connectivity index (χ0v) is 8.03. The highest BCUT2D eigenvalue weighted by molar-refractivity contribution is 5.79. The summed E-state index contributed by atoms with van der Waals surface area (Å²) < 4.78 is 1.79. The minimum Gasteiger partial charge on any atom is -0.322 e. The molecule has 0 bridgehead atoms. The third-order valence-electron chi connectivity index (χ3n) is 2.23. The van der Waals surface area contributed by atoms with E-state index in [9.17, 15) is 4.79 Å². The summed E-state index contributed by atoms with van der Waals surface area (Å²) in [4.78, 5) is 15.3. The number of hydrogen-bond acceptors (Lipinski definition) is 3. The number of rotatable bonds is 2. The summed E-state index contributed by atoms with van der Waals surface area (Å²) in [5.41, 5.74) is 4.02. The van der Waals surface area contributed by atoms with Crippen LogP contribution in [0.3, 0.4) is 0 Å². The van der Waals surface area contributed by atoms with Crippen LogP contribution in [0.1, 0.15) is 24.4 Å². The van der Waals surface area contributed by atoms with Crippen LogP contribution in [0.4, 0.5) is 0 Å². The quantitative estimate of drug-likeness (QED) is 0.385. The van der Waals surface area contributed by atoms with Crippen molar-refractivity contribution in [3.63, 3.8) is 0 Å². The third kappa shape index (κ3) is 1.70. The van der Waals surface area contributed by atoms with Gasteiger partial charge < -0.3 is 4.57 Å². The van der Waals surface area contributed by atoms with Gasteiger partial charge in [-0.3, -0.25) is 10.2 Å². The summed E-state index contributed by atoms with van der Waals surface area (Å²) in [6, 6.07) is -0.314. The predicted octanol–water partition coefficient (Wildman–Crippen LogP) is 0.0508. The fraction of sp³-hybridized carbons (Fsp3) is 0.500. The topological polar surface area (TPSA) is 72.9 Å². The van der Waals surface area contributed by atoms with Crippen molar-refractivity contribution in [2.45, 2.75) is 26.8 Å². The molecule has 0 aliphatic carbocycles. The van der Waals surface area contributed by atoms with E-state index in [-0.39, 0.29) is 11.9 Å². The zero-order chi connectivity index (χ0) is 10.0. The Morgan fingerprint density at radius 2 is 2.31 bits per heavy atom. The molecule has 1 atom stereocenters. The molecule has 0 fully saturated rings. The summed E-state index contributed by atoms with van der Waals surface area (Å²) in [7, 11) is 0. The Labute approximate surface area is 76.9 Å². The molecule has 1 rings (SSSR count). The fourth-order valence-corrected chi connectivity index (χ4v) is 1.15. The molecule has 0 saturated carbocycles. The Hall–Kier alpha value is -1.36. The number of nitrogens with one attached hydrogen (secondary N) is 1. The summed E-state index contributed by atoms with van der Waals surface area (Å²) in [6.07, 6.45) is 1.64. The lowest BCUT2D eigenvalue weighted by molar-refractivity contribution is -0.123. The van der Waals surface area contributed by atoms with Gasteiger partial charge in [0, 0.05) is 5.69 Å². The van der Waals surface area contributed by atoms with Gasteiger partial charge in [-0.25, -0.2) is 10.8 Å². The molecule has 0 aliphatic heterocycles. The SMILES string of the molecule is Cc1ncn(C(C)C(=O)NN)c1C. The van der Waals surface area contributed by atoms with Crippen molar-refractivity contribution < 1.29 is 4.79 Å². The van der Waals surface area contributed by atoms with Gasteiger partial charge in [0.25, 0.3) is 5.91 Å². The highest BCUT2D eigenvalue weighted by atomic mass is 16.2. The van der Waals surface area contributed by atoms with Gasteiger partial charge in [-0.15, -0.1) is 0 Å². The van der Waals surface area contributed by atoms with E-state index in [1.807, 2.05) is 13.8 Å². The maximum absolute atomic E-state index is 11.2. The van der Waals surface area contributed by atoms with E-state index >= 15 is 0 Å². The standard InChI is InChI=1S/C8H14N4O/c1-5-6(2)12(4-10-5)7(3)8(13)11-9/h4,7H,9H2,1-3H3,(H,11,13). The molecule has 5 heteroatoms. The second-order valence-corrected chi connectivity index (χ2v) is 3.01. The zero-order valence-electron chi connectivity index (χ0n) is 8.03. The van der Waals surface area contributed by atoms with Gasteiger partial charge in [-0.2, -0.15) is 0 Å². The molecule has 5 nitrogen and oxygen atoms in total. The van der Waals surface area contributed by atoms with Gasteiger partial charge in [0.15, 0.2) is 0 Å². The van der Waals surface area contributed by atoms with E-state index in [2.05, 4.69) is 10.4 Å². The molecule has 72 valence electrons. The number of imidazole rings is 1. The summed E-state index contributed by atoms with van der Waals surface area (Å²) in [5, 5.41) is 0. The molecule has 0 saturated heterocycles. The number of aromatic nitrogens is 2. The van der Waals surface area contributed by atoms with Crippen molar-refractivity contribution in [1.82, 2.24) is 15.0 Å². The first kappa shape index (κ1) is 9.73. The van der Waals surface area contributed by atoms with Gasteiger partial charge in [0.05, 0.1) is 12.0 Å². The molecular formula is C8H14N4O. The fourth-order valence-electron chi connectivity index (χ4n) is 1.15. The maximum atomic E-state index is 11.2. The Morgan fingerprint density at radius 1 is 1.69 bits per heavy atom. The van der Waals surface area contributed by atoms with Gasteiger partial charge in [0.1, 0.15) is 6.04 Å². The van der Waals surface area contributed by atoms with Gasteiger partial charge >= 0.3 is 0 Å². The number of hydrazine groups is 1. The average Bonchev–Trinajstić information content (AvgIpc) is 2.45. The largest absolute Gasteiger partial charge is 0.322 e. The van der Waals surface area contributed by atoms with E-state index in [0.717, 1.165) is 11.4 Å². The van der Waals surface area contributed by atoms with E-state index < -0.39 is 0 Å². The van der Waals surface area contributed by atoms with Crippen molar-refractivity contribution in [2.24, 2.45) is 5.84 Å². The molecule has 0 aliphatic rings. The predicted molar refractivity (Wildman–Crippen MR) is 48.7 cm³/mol. The van der Waals surface area contributed by atoms with Gasteiger partial charge in [-0.05, 0) is 20.8 Å². The first-order valence-electron chi connectivity index (χ1n) is 4.08. The molecule has 13 heavy (non-hydrogen) atoms. The summed E-state index contributed by atoms with van der Waals surface area (Å²) in [5.74, 6) is 4.81. The highest BCUT2D eigenvalue weighted by Crippen LogP contribution is 2.11. The van der Waals surface area contributed by atoms with Crippen LogP contribution < -0.4 is 11.3 Å². The summed E-state index contributed by atoms with van der Waals surface area (Å²) >= 11 is 0. The second-order valence-electron chi connectivity index (χ2n) is 3.01. The van der Waals surface area contributed by atoms with Crippen LogP contribution in [0, 0.1) is 13.8 Å². The lowest BCUT2D eigenvalue weighted by atomic mass is 10.3. The number of nitrogens with two attached hydrogens (primary N) is 1. The van der Waals surface area contributed by atoms with Crippen molar-refractivity contribution in [2.75, 3.05) is 0 Å². The Balaban J connectivity index is 2.95. The van der Waals surface area contributed by atoms with Crippen LogP contribution in [0.5, 0.6) is 0 Å². The first-order chi connectivity index (χ1) is 6.07. The Bertz CT molecular complexity index is 318. The third-order valence-corrected chi connectivity index (χ3v) is 2.23. The molecule has 0 aromatic carbocycles. The minimum absolute atomic E-state index is 0.222. The molecular weight excluding hydrogens is 168 g/mol. The minimum atomic E-state index is -0.314. The Kier molecular flexibility index (Phi) is 2.67. The Morgan fingerprint density at radius 3 is 2.69 bits per heavy atom. The maximum Gasteiger partial charge on any atom is 0.256 e. The molecule has 1 aromatic heterocycles. The average molecular weight is 182 g/mol. The number of carbonyl (C=O) groups is 1. The molecule has 1 unspecified atom stereocenters. The molecule has 1 aromatic rings. The van der Waals surface area contributed by atoms with Crippen molar-refractivity contribution in [1.29, 1.82) is 0 Å². The van der Waals surface area contributed by atoms with Crippen LogP contribution in [0.15, 0.2) is 6.33 Å². The smallest absolute Gasteiger partial charge is 0.256 e. The van der Waals surface area contributed by atoms with Crippen molar-refractivity contribution in [3.05, 3.63) is 17.7 Å². The highest BCUT2D eigenvalue weighted by Gasteiger charge is 2.15. The van der Waals surface area contributed by atoms with E-state index in [1.54, 1.807) is 17.8 Å². The van der Waals surface area contributed by atoms with Crippen LogP contribution >= 0.6 is 0 Å². The van der Waals surface area contributed by atoms with Crippen LogP contribution in [0.2, 0.25) is 0 Å². The molecule has 1 amide bonds. The number of aryl methyl sites for hydroxylation is 1.